The highest BCUT2D eigenvalue weighted by molar-refractivity contribution is 6.82. The molecule has 0 saturated carbocycles. The van der Waals surface area contributed by atoms with E-state index in [1.165, 1.54) is 11.1 Å². The van der Waals surface area contributed by atoms with Crippen LogP contribution in [0.25, 0.3) is 0 Å². The first kappa shape index (κ1) is 42.0. The van der Waals surface area contributed by atoms with Crippen molar-refractivity contribution in [2.24, 2.45) is 0 Å². The van der Waals surface area contributed by atoms with Crippen LogP contribution in [-0.4, -0.2) is 111 Å². The minimum absolute atomic E-state index is 0.165. The van der Waals surface area contributed by atoms with Crippen LogP contribution in [-0.2, 0) is 60.7 Å². The van der Waals surface area contributed by atoms with Gasteiger partial charge in [-0.3, -0.25) is 0 Å². The Hall–Kier alpha value is -0.625. The largest absolute Gasteiger partial charge is 0.491 e. The third kappa shape index (κ3) is 12.2. The Morgan fingerprint density at radius 3 is 1.25 bits per heavy atom. The molecule has 6 rings (SSSR count). The smallest absolute Gasteiger partial charge is 0.317 e. The molecule has 0 amide bonds. The Morgan fingerprint density at radius 2 is 0.925 bits per heavy atom. The molecule has 0 spiro atoms. The standard InChI is InChI=1S/C33H60O12Si8/c1-33(2,27-11-13-31(36-23-29-21-34-29)25(19-27)15-17-52(9)42-48(5)38-46(3)39-49(6)43-52)28-12-14-32(37-24-30-22-35-30)26(20-28)16-18-53(10)44-50(7)40-47(4)41-51(8)45-53/h11-14,19-20,29-30,46-51H,15-18,21-24H2,1-10H3. The van der Waals surface area contributed by atoms with Crippen LogP contribution >= 0.6 is 0 Å². The molecule has 4 fully saturated rings. The normalized spacial score (nSPS) is 35.1. The summed E-state index contributed by atoms with van der Waals surface area (Å²) in [6.07, 6.45) is 1.87. The third-order valence-electron chi connectivity index (χ3n) is 10.1. The van der Waals surface area contributed by atoms with Crippen LogP contribution in [0.15, 0.2) is 36.4 Å². The van der Waals surface area contributed by atoms with Crippen molar-refractivity contribution < 1.29 is 51.9 Å². The lowest BCUT2D eigenvalue weighted by Gasteiger charge is -2.37. The average molecular weight is 874 g/mol. The topological polar surface area (TPSA) is 117 Å². The van der Waals surface area contributed by atoms with Crippen molar-refractivity contribution in [2.45, 2.75) is 109 Å². The Bertz CT molecular complexity index is 1400. The number of aryl methyl sites for hydroxylation is 2. The van der Waals surface area contributed by atoms with Gasteiger partial charge in [-0.1, -0.05) is 38.1 Å². The summed E-state index contributed by atoms with van der Waals surface area (Å²) < 4.78 is 75.0. The van der Waals surface area contributed by atoms with Crippen molar-refractivity contribution in [3.8, 4) is 11.5 Å². The fourth-order valence-electron chi connectivity index (χ4n) is 7.14. The van der Waals surface area contributed by atoms with Crippen LogP contribution in [0.4, 0.5) is 0 Å². The molecule has 4 aliphatic rings. The Labute approximate surface area is 328 Å². The Balaban J connectivity index is 1.25. The van der Waals surface area contributed by atoms with Crippen LogP contribution in [0.1, 0.15) is 36.1 Å². The number of hydrogen-bond acceptors (Lipinski definition) is 12. The number of epoxide rings is 2. The molecule has 4 saturated heterocycles. The molecule has 53 heavy (non-hydrogen) atoms. The molecule has 4 aliphatic heterocycles. The molecule has 2 aromatic carbocycles. The average Bonchev–Trinajstić information content (AvgIpc) is 3.99. The number of ether oxygens (including phenoxy) is 4. The van der Waals surface area contributed by atoms with E-state index >= 15 is 0 Å². The van der Waals surface area contributed by atoms with Gasteiger partial charge in [0.05, 0.1) is 13.2 Å². The van der Waals surface area contributed by atoms with Crippen LogP contribution < -0.4 is 9.47 Å². The van der Waals surface area contributed by atoms with E-state index in [0.717, 1.165) is 60.8 Å². The maximum Gasteiger partial charge on any atom is 0.317 e. The molecule has 6 atom stereocenters. The predicted octanol–water partition coefficient (Wildman–Crippen LogP) is 4.06. The van der Waals surface area contributed by atoms with Crippen molar-refractivity contribution in [1.29, 1.82) is 0 Å². The number of rotatable bonds is 14. The van der Waals surface area contributed by atoms with E-state index in [2.05, 4.69) is 103 Å². The Kier molecular flexibility index (Phi) is 14.2. The zero-order valence-electron chi connectivity index (χ0n) is 33.1. The zero-order chi connectivity index (χ0) is 38.0. The van der Waals surface area contributed by atoms with E-state index in [1.54, 1.807) is 0 Å². The van der Waals surface area contributed by atoms with Crippen LogP contribution in [0.3, 0.4) is 0 Å². The van der Waals surface area contributed by atoms with E-state index in [0.29, 0.717) is 13.2 Å². The van der Waals surface area contributed by atoms with E-state index in [4.69, 9.17) is 51.9 Å². The zero-order valence-corrected chi connectivity index (χ0v) is 42.1. The summed E-state index contributed by atoms with van der Waals surface area (Å²) in [4.78, 5) is 0. The van der Waals surface area contributed by atoms with Crippen molar-refractivity contribution in [2.75, 3.05) is 26.4 Å². The van der Waals surface area contributed by atoms with E-state index in [1.807, 2.05) is 0 Å². The fraction of sp³-hybridized carbons (Fsp3) is 0.636. The maximum absolute atomic E-state index is 6.64. The molecule has 0 aliphatic carbocycles. The molecular weight excluding hydrogens is 813 g/mol. The SMILES string of the molecule is C[SiH]1O[SiH](C)O[Si](C)(CCc2cc(C(C)(C)c3ccc(OCC4CO4)c(CC[Si]4(C)O[SiH](C)O[SiH](C)O[SiH](C)O4)c3)ccc2OCC2CO2)O[SiH](C)O1. The van der Waals surface area contributed by atoms with E-state index in [9.17, 15) is 0 Å². The first-order valence-electron chi connectivity index (χ1n) is 19.2. The van der Waals surface area contributed by atoms with Crippen molar-refractivity contribution in [1.82, 2.24) is 0 Å². The highest BCUT2D eigenvalue weighted by Gasteiger charge is 2.41. The maximum atomic E-state index is 6.64. The number of benzene rings is 2. The van der Waals surface area contributed by atoms with Crippen LogP contribution in [0, 0.1) is 0 Å². The van der Waals surface area contributed by atoms with Crippen LogP contribution in [0.2, 0.25) is 64.5 Å². The van der Waals surface area contributed by atoms with Crippen molar-refractivity contribution in [3.05, 3.63) is 58.7 Å². The van der Waals surface area contributed by atoms with Gasteiger partial charge in [-0.2, -0.15) is 0 Å². The Morgan fingerprint density at radius 1 is 0.585 bits per heavy atom. The highest BCUT2D eigenvalue weighted by Crippen LogP contribution is 2.38. The number of hydrogen-bond donors (Lipinski definition) is 0. The van der Waals surface area contributed by atoms with Gasteiger partial charge < -0.3 is 51.9 Å². The molecule has 2 aromatic rings. The molecule has 6 unspecified atom stereocenters. The lowest BCUT2D eigenvalue weighted by atomic mass is 9.77. The fourth-order valence-corrected chi connectivity index (χ4v) is 36.3. The molecule has 0 bridgehead atoms. The summed E-state index contributed by atoms with van der Waals surface area (Å²) in [6, 6.07) is 14.9. The lowest BCUT2D eigenvalue weighted by Crippen LogP contribution is -2.53. The lowest BCUT2D eigenvalue weighted by molar-refractivity contribution is 0.260. The summed E-state index contributed by atoms with van der Waals surface area (Å²) in [7, 11) is -15.9. The first-order valence-corrected chi connectivity index (χ1v) is 36.8. The highest BCUT2D eigenvalue weighted by atomic mass is 28.5. The molecule has 4 heterocycles. The van der Waals surface area contributed by atoms with Gasteiger partial charge in [0.2, 0.25) is 0 Å². The summed E-state index contributed by atoms with van der Waals surface area (Å²) in [5.74, 6) is 1.77. The molecule has 12 nitrogen and oxygen atoms in total. The van der Waals surface area contributed by atoms with Gasteiger partial charge in [-0.05, 0) is 112 Å². The summed E-state index contributed by atoms with van der Waals surface area (Å²) in [5, 5.41) is 0. The van der Waals surface area contributed by atoms with Gasteiger partial charge in [0, 0.05) is 5.41 Å². The molecule has 0 aromatic heterocycles. The summed E-state index contributed by atoms with van der Waals surface area (Å²) in [6.45, 7) is 24.0. The summed E-state index contributed by atoms with van der Waals surface area (Å²) >= 11 is 0. The van der Waals surface area contributed by atoms with E-state index in [-0.39, 0.29) is 17.6 Å². The monoisotopic (exact) mass is 872 g/mol. The van der Waals surface area contributed by atoms with Crippen LogP contribution in [0.5, 0.6) is 11.5 Å². The second-order valence-corrected chi connectivity index (χ2v) is 36.0. The van der Waals surface area contributed by atoms with E-state index < -0.39 is 72.8 Å². The minimum atomic E-state index is -2.55. The molecule has 20 heteroatoms. The van der Waals surface area contributed by atoms with Crippen molar-refractivity contribution in [3.63, 3.8) is 0 Å². The first-order chi connectivity index (χ1) is 25.1. The summed E-state index contributed by atoms with van der Waals surface area (Å²) in [5.41, 5.74) is 4.38. The molecule has 0 N–H and O–H groups in total. The van der Waals surface area contributed by atoms with Gasteiger partial charge in [-0.15, -0.1) is 0 Å². The second-order valence-electron chi connectivity index (χ2n) is 15.5. The molecule has 296 valence electrons. The van der Waals surface area contributed by atoms with Gasteiger partial charge in [0.15, 0.2) is 0 Å². The molecule has 0 radical (unpaired) electrons. The third-order valence-corrected chi connectivity index (χ3v) is 38.0. The predicted molar refractivity (Wildman–Crippen MR) is 222 cm³/mol. The van der Waals surface area contributed by atoms with Gasteiger partial charge in [0.1, 0.15) is 36.9 Å². The minimum Gasteiger partial charge on any atom is -0.491 e. The quantitative estimate of drug-likeness (QED) is 0.202. The van der Waals surface area contributed by atoms with Crippen molar-refractivity contribution >= 4 is 72.8 Å². The van der Waals surface area contributed by atoms with Gasteiger partial charge >= 0.3 is 17.1 Å². The second kappa shape index (κ2) is 17.9. The van der Waals surface area contributed by atoms with Gasteiger partial charge in [0.25, 0.3) is 55.7 Å². The van der Waals surface area contributed by atoms with Gasteiger partial charge in [-0.25, -0.2) is 0 Å². The molecular formula is C33H60O12Si8.